The maximum absolute atomic E-state index is 6.08. The van der Waals surface area contributed by atoms with Crippen molar-refractivity contribution in [2.45, 2.75) is 6.92 Å². The van der Waals surface area contributed by atoms with Gasteiger partial charge < -0.3 is 10.2 Å². The van der Waals surface area contributed by atoms with Crippen molar-refractivity contribution in [3.05, 3.63) is 23.2 Å². The van der Waals surface area contributed by atoms with Crippen molar-refractivity contribution in [3.8, 4) is 0 Å². The Morgan fingerprint density at radius 2 is 2.08 bits per heavy atom. The zero-order valence-corrected chi connectivity index (χ0v) is 9.02. The van der Waals surface area contributed by atoms with Crippen LogP contribution in [0.25, 0.3) is 0 Å². The fourth-order valence-corrected chi connectivity index (χ4v) is 1.53. The van der Waals surface area contributed by atoms with Crippen LogP contribution < -0.4 is 10.2 Å². The molecule has 0 atom stereocenters. The molecule has 1 rings (SSSR count). The van der Waals surface area contributed by atoms with Crippen molar-refractivity contribution in [3.63, 3.8) is 0 Å². The van der Waals surface area contributed by atoms with E-state index < -0.39 is 0 Å². The van der Waals surface area contributed by atoms with Gasteiger partial charge in [-0.3, -0.25) is 0 Å². The average molecular weight is 199 g/mol. The molecule has 0 fully saturated rings. The molecule has 13 heavy (non-hydrogen) atoms. The smallest absolute Gasteiger partial charge is 0.0659 e. The van der Waals surface area contributed by atoms with Crippen molar-refractivity contribution >= 4 is 23.0 Å². The molecule has 72 valence electrons. The van der Waals surface area contributed by atoms with Crippen LogP contribution >= 0.6 is 11.6 Å². The fraction of sp³-hybridized carbons (Fsp3) is 0.400. The first-order valence-electron chi connectivity index (χ1n) is 4.36. The van der Waals surface area contributed by atoms with Crippen LogP contribution in [0.3, 0.4) is 0 Å². The summed E-state index contributed by atoms with van der Waals surface area (Å²) in [6, 6.07) is 5.99. The van der Waals surface area contributed by atoms with E-state index in [9.17, 15) is 0 Å². The van der Waals surface area contributed by atoms with Gasteiger partial charge >= 0.3 is 0 Å². The second-order valence-electron chi connectivity index (χ2n) is 3.09. The molecular formula is C10H15ClN2. The Labute approximate surface area is 84.5 Å². The first-order chi connectivity index (χ1) is 6.15. The van der Waals surface area contributed by atoms with Crippen molar-refractivity contribution in [1.82, 2.24) is 0 Å². The molecule has 0 amide bonds. The van der Waals surface area contributed by atoms with Crippen molar-refractivity contribution in [2.75, 3.05) is 30.9 Å². The van der Waals surface area contributed by atoms with Gasteiger partial charge in [0.05, 0.1) is 10.7 Å². The number of hydrogen-bond acceptors (Lipinski definition) is 2. The highest BCUT2D eigenvalue weighted by Crippen LogP contribution is 2.27. The van der Waals surface area contributed by atoms with E-state index in [1.54, 1.807) is 0 Å². The Hall–Kier alpha value is -0.890. The third-order valence-electron chi connectivity index (χ3n) is 1.81. The molecule has 1 aromatic rings. The number of rotatable bonds is 3. The quantitative estimate of drug-likeness (QED) is 0.804. The number of halogens is 1. The van der Waals surface area contributed by atoms with Gasteiger partial charge in [-0.25, -0.2) is 0 Å². The molecule has 1 aromatic carbocycles. The van der Waals surface area contributed by atoms with Gasteiger partial charge in [0.2, 0.25) is 0 Å². The van der Waals surface area contributed by atoms with E-state index in [1.165, 1.54) is 0 Å². The standard InChI is InChI=1S/C10H15ClN2/c1-4-12-8-5-6-10(13(2)3)9(11)7-8/h5-7,12H,4H2,1-3H3. The number of hydrogen-bond donors (Lipinski definition) is 1. The summed E-state index contributed by atoms with van der Waals surface area (Å²) in [7, 11) is 3.96. The molecule has 3 heteroatoms. The monoisotopic (exact) mass is 198 g/mol. The number of nitrogens with one attached hydrogen (secondary N) is 1. The molecule has 0 heterocycles. The minimum Gasteiger partial charge on any atom is -0.385 e. The van der Waals surface area contributed by atoms with Crippen LogP contribution in [-0.4, -0.2) is 20.6 Å². The molecule has 0 aliphatic heterocycles. The zero-order chi connectivity index (χ0) is 9.84. The lowest BCUT2D eigenvalue weighted by atomic mass is 10.2. The largest absolute Gasteiger partial charge is 0.385 e. The molecule has 0 aliphatic rings. The van der Waals surface area contributed by atoms with E-state index in [2.05, 4.69) is 12.2 Å². The van der Waals surface area contributed by atoms with Gasteiger partial charge in [-0.05, 0) is 25.1 Å². The van der Waals surface area contributed by atoms with Gasteiger partial charge in [0.1, 0.15) is 0 Å². The molecule has 0 spiro atoms. The summed E-state index contributed by atoms with van der Waals surface area (Å²) in [5.74, 6) is 0. The minimum absolute atomic E-state index is 0.781. The molecule has 0 saturated heterocycles. The molecule has 0 bridgehead atoms. The highest BCUT2D eigenvalue weighted by Gasteiger charge is 2.02. The van der Waals surface area contributed by atoms with Crippen LogP contribution in [0.4, 0.5) is 11.4 Å². The third-order valence-corrected chi connectivity index (χ3v) is 2.11. The Morgan fingerprint density at radius 3 is 2.54 bits per heavy atom. The first kappa shape index (κ1) is 10.2. The van der Waals surface area contributed by atoms with E-state index in [-0.39, 0.29) is 0 Å². The average Bonchev–Trinajstić information content (AvgIpc) is 2.04. The third kappa shape index (κ3) is 2.52. The summed E-state index contributed by atoms with van der Waals surface area (Å²) in [5, 5.41) is 3.99. The van der Waals surface area contributed by atoms with Crippen molar-refractivity contribution in [1.29, 1.82) is 0 Å². The van der Waals surface area contributed by atoms with Crippen LogP contribution in [0.2, 0.25) is 5.02 Å². The number of anilines is 2. The van der Waals surface area contributed by atoms with E-state index >= 15 is 0 Å². The van der Waals surface area contributed by atoms with Crippen LogP contribution in [0.5, 0.6) is 0 Å². The molecule has 2 nitrogen and oxygen atoms in total. The zero-order valence-electron chi connectivity index (χ0n) is 8.26. The van der Waals surface area contributed by atoms with Crippen molar-refractivity contribution in [2.24, 2.45) is 0 Å². The predicted molar refractivity (Wildman–Crippen MR) is 59.9 cm³/mol. The highest BCUT2D eigenvalue weighted by molar-refractivity contribution is 6.33. The normalized spacial score (nSPS) is 9.85. The summed E-state index contributed by atoms with van der Waals surface area (Å²) in [4.78, 5) is 2.00. The van der Waals surface area contributed by atoms with E-state index in [4.69, 9.17) is 11.6 Å². The Morgan fingerprint density at radius 1 is 1.38 bits per heavy atom. The molecule has 0 aliphatic carbocycles. The highest BCUT2D eigenvalue weighted by atomic mass is 35.5. The van der Waals surface area contributed by atoms with E-state index in [1.807, 2.05) is 37.2 Å². The number of nitrogens with zero attached hydrogens (tertiary/aromatic N) is 1. The van der Waals surface area contributed by atoms with Crippen LogP contribution in [0.1, 0.15) is 6.92 Å². The number of benzene rings is 1. The Balaban J connectivity index is 2.92. The van der Waals surface area contributed by atoms with Gasteiger partial charge in [0.15, 0.2) is 0 Å². The summed E-state index contributed by atoms with van der Waals surface area (Å²) in [6.45, 7) is 2.98. The summed E-state index contributed by atoms with van der Waals surface area (Å²) < 4.78 is 0. The maximum atomic E-state index is 6.08. The molecule has 0 unspecified atom stereocenters. The lowest BCUT2D eigenvalue weighted by Crippen LogP contribution is -2.09. The lowest BCUT2D eigenvalue weighted by Gasteiger charge is -2.15. The molecular weight excluding hydrogens is 184 g/mol. The summed E-state index contributed by atoms with van der Waals surface area (Å²) >= 11 is 6.08. The van der Waals surface area contributed by atoms with Gasteiger partial charge in [0, 0.05) is 26.3 Å². The van der Waals surface area contributed by atoms with Crippen LogP contribution in [0, 0.1) is 0 Å². The topological polar surface area (TPSA) is 15.3 Å². The lowest BCUT2D eigenvalue weighted by molar-refractivity contribution is 1.13. The SMILES string of the molecule is CCNc1ccc(N(C)C)c(Cl)c1. The van der Waals surface area contributed by atoms with Gasteiger partial charge in [-0.2, -0.15) is 0 Å². The Kier molecular flexibility index (Phi) is 3.43. The van der Waals surface area contributed by atoms with E-state index in [0.29, 0.717) is 0 Å². The molecule has 1 N–H and O–H groups in total. The second kappa shape index (κ2) is 4.38. The minimum atomic E-state index is 0.781. The van der Waals surface area contributed by atoms with E-state index in [0.717, 1.165) is 22.9 Å². The van der Waals surface area contributed by atoms with Crippen molar-refractivity contribution < 1.29 is 0 Å². The Bertz CT molecular complexity index is 284. The molecule has 0 saturated carbocycles. The predicted octanol–water partition coefficient (Wildman–Crippen LogP) is 2.84. The van der Waals surface area contributed by atoms with Crippen LogP contribution in [-0.2, 0) is 0 Å². The molecule has 0 aromatic heterocycles. The van der Waals surface area contributed by atoms with Gasteiger partial charge in [-0.1, -0.05) is 11.6 Å². The van der Waals surface area contributed by atoms with Gasteiger partial charge in [-0.15, -0.1) is 0 Å². The van der Waals surface area contributed by atoms with Gasteiger partial charge in [0.25, 0.3) is 0 Å². The first-order valence-corrected chi connectivity index (χ1v) is 4.73. The second-order valence-corrected chi connectivity index (χ2v) is 3.50. The molecule has 0 radical (unpaired) electrons. The summed E-state index contributed by atoms with van der Waals surface area (Å²) in [5.41, 5.74) is 2.11. The van der Waals surface area contributed by atoms with Crippen LogP contribution in [0.15, 0.2) is 18.2 Å². The fourth-order valence-electron chi connectivity index (χ4n) is 1.18. The summed E-state index contributed by atoms with van der Waals surface area (Å²) in [6.07, 6.45) is 0. The maximum Gasteiger partial charge on any atom is 0.0659 e.